The summed E-state index contributed by atoms with van der Waals surface area (Å²) < 4.78 is 9.23. The molecule has 0 aromatic carbocycles. The number of hydrogen-bond acceptors (Lipinski definition) is 5. The van der Waals surface area contributed by atoms with Crippen molar-refractivity contribution in [3.63, 3.8) is 0 Å². The van der Waals surface area contributed by atoms with Crippen molar-refractivity contribution >= 4 is 17.8 Å². The molecule has 0 rings (SSSR count). The summed E-state index contributed by atoms with van der Waals surface area (Å²) in [6.07, 6.45) is -1.03. The summed E-state index contributed by atoms with van der Waals surface area (Å²) in [5.41, 5.74) is 0. The fraction of sp³-hybridized carbons (Fsp3) is 0.667. The van der Waals surface area contributed by atoms with Crippen LogP contribution in [0.15, 0.2) is 0 Å². The van der Waals surface area contributed by atoms with E-state index in [4.69, 9.17) is 0 Å². The van der Waals surface area contributed by atoms with Crippen LogP contribution in [0.4, 0.5) is 0 Å². The Hall–Kier alpha value is -1.63. The van der Waals surface area contributed by atoms with Gasteiger partial charge in [-0.05, 0) is 13.8 Å². The maximum atomic E-state index is 11.0. The average molecular weight is 232 g/mol. The molecule has 0 aliphatic rings. The molecule has 0 aliphatic carbocycles. The second-order valence-electron chi connectivity index (χ2n) is 2.81. The van der Waals surface area contributed by atoms with Crippen LogP contribution < -0.4 is 5.32 Å². The average Bonchev–Trinajstić information content (AvgIpc) is 2.26. The molecule has 1 unspecified atom stereocenters. The van der Waals surface area contributed by atoms with Crippen LogP contribution in [0.25, 0.3) is 0 Å². The van der Waals surface area contributed by atoms with E-state index >= 15 is 0 Å². The lowest BCUT2D eigenvalue weighted by molar-refractivity contribution is -0.165. The molecule has 0 fully saturated rings. The van der Waals surface area contributed by atoms with Gasteiger partial charge in [-0.3, -0.25) is 9.59 Å². The van der Waals surface area contributed by atoms with Crippen molar-refractivity contribution in [1.82, 2.24) is 5.32 Å². The number of rotatable bonds is 6. The minimum absolute atomic E-state index is 0.188. The van der Waals surface area contributed by atoms with E-state index in [0.717, 1.165) is 0 Å². The first kappa shape index (κ1) is 14.4. The molecular weight excluding hydrogens is 218 g/mol. The maximum absolute atomic E-state index is 11.0. The molecular formula is C9H14NO6. The second kappa shape index (κ2) is 7.63. The van der Waals surface area contributed by atoms with Crippen molar-refractivity contribution < 1.29 is 29.0 Å². The van der Waals surface area contributed by atoms with Crippen LogP contribution in [0.1, 0.15) is 13.8 Å². The Morgan fingerprint density at radius 3 is 2.44 bits per heavy atom. The lowest BCUT2D eigenvalue weighted by atomic mass is 10.4. The van der Waals surface area contributed by atoms with Gasteiger partial charge in [0.15, 0.2) is 12.7 Å². The Morgan fingerprint density at radius 1 is 1.31 bits per heavy atom. The molecule has 0 aromatic rings. The largest absolute Gasteiger partial charge is 0.463 e. The predicted molar refractivity (Wildman–Crippen MR) is 50.8 cm³/mol. The van der Waals surface area contributed by atoms with Crippen LogP contribution in [0, 0.1) is 0 Å². The first-order chi connectivity index (χ1) is 7.51. The first-order valence-electron chi connectivity index (χ1n) is 4.72. The lowest BCUT2D eigenvalue weighted by Crippen LogP contribution is -2.35. The zero-order valence-electron chi connectivity index (χ0n) is 9.15. The molecule has 1 amide bonds. The standard InChI is InChI=1S/C9H14NO6/c1-3-15-9(14)6(2)16-8(13)4-10-7(12)5-11/h6H,3-5H2,1-2H3,(H,10,12). The summed E-state index contributed by atoms with van der Waals surface area (Å²) in [7, 11) is 0. The molecule has 0 spiro atoms. The van der Waals surface area contributed by atoms with E-state index in [2.05, 4.69) is 9.47 Å². The van der Waals surface area contributed by atoms with Crippen LogP contribution >= 0.6 is 0 Å². The van der Waals surface area contributed by atoms with E-state index in [-0.39, 0.29) is 6.61 Å². The van der Waals surface area contributed by atoms with E-state index in [9.17, 15) is 19.5 Å². The number of ether oxygens (including phenoxy) is 2. The highest BCUT2D eigenvalue weighted by molar-refractivity contribution is 5.84. The molecule has 16 heavy (non-hydrogen) atoms. The molecule has 7 heteroatoms. The Kier molecular flexibility index (Phi) is 6.86. The van der Waals surface area contributed by atoms with E-state index in [1.165, 1.54) is 6.92 Å². The van der Waals surface area contributed by atoms with Crippen molar-refractivity contribution in [2.45, 2.75) is 20.0 Å². The molecule has 1 atom stereocenters. The van der Waals surface area contributed by atoms with Crippen molar-refractivity contribution in [3.8, 4) is 0 Å². The summed E-state index contributed by atoms with van der Waals surface area (Å²) >= 11 is 0. The van der Waals surface area contributed by atoms with Gasteiger partial charge in [0.2, 0.25) is 5.91 Å². The topological polar surface area (TPSA) is 102 Å². The summed E-state index contributed by atoms with van der Waals surface area (Å²) in [4.78, 5) is 32.6. The van der Waals surface area contributed by atoms with Gasteiger partial charge in [-0.25, -0.2) is 9.90 Å². The molecule has 0 saturated heterocycles. The number of esters is 2. The van der Waals surface area contributed by atoms with Gasteiger partial charge in [0.25, 0.3) is 0 Å². The van der Waals surface area contributed by atoms with E-state index in [1.54, 1.807) is 6.92 Å². The van der Waals surface area contributed by atoms with Crippen LogP contribution in [-0.2, 0) is 29.0 Å². The smallest absolute Gasteiger partial charge is 0.347 e. The Morgan fingerprint density at radius 2 is 1.94 bits per heavy atom. The Labute approximate surface area is 92.7 Å². The van der Waals surface area contributed by atoms with E-state index in [1.807, 2.05) is 5.32 Å². The number of carbonyl (C=O) groups is 3. The van der Waals surface area contributed by atoms with Crippen LogP contribution in [0.2, 0.25) is 0 Å². The normalized spacial score (nSPS) is 11.4. The highest BCUT2D eigenvalue weighted by Crippen LogP contribution is 1.95. The van der Waals surface area contributed by atoms with Crippen molar-refractivity contribution in [2.24, 2.45) is 0 Å². The second-order valence-corrected chi connectivity index (χ2v) is 2.81. The third kappa shape index (κ3) is 5.97. The zero-order chi connectivity index (χ0) is 12.6. The third-order valence-corrected chi connectivity index (χ3v) is 1.49. The van der Waals surface area contributed by atoms with Gasteiger partial charge in [0.1, 0.15) is 6.54 Å². The Bertz CT molecular complexity index is 265. The Balaban J connectivity index is 3.86. The third-order valence-electron chi connectivity index (χ3n) is 1.49. The predicted octanol–water partition coefficient (Wildman–Crippen LogP) is -0.972. The maximum Gasteiger partial charge on any atom is 0.347 e. The fourth-order valence-electron chi connectivity index (χ4n) is 0.768. The molecule has 0 aliphatic heterocycles. The van der Waals surface area contributed by atoms with Gasteiger partial charge >= 0.3 is 11.9 Å². The van der Waals surface area contributed by atoms with Crippen LogP contribution in [-0.4, -0.2) is 43.7 Å². The summed E-state index contributed by atoms with van der Waals surface area (Å²) in [6.45, 7) is 1.77. The van der Waals surface area contributed by atoms with Crippen molar-refractivity contribution in [3.05, 3.63) is 0 Å². The molecule has 0 heterocycles. The molecule has 0 saturated carbocycles. The summed E-state index contributed by atoms with van der Waals surface area (Å²) in [6, 6.07) is 0. The van der Waals surface area contributed by atoms with Gasteiger partial charge < -0.3 is 14.8 Å². The van der Waals surface area contributed by atoms with Gasteiger partial charge in [-0.1, -0.05) is 0 Å². The SMILES string of the molecule is CCOC(=O)C(C)OC(=O)CNC(=O)C[O]. The molecule has 1 N–H and O–H groups in total. The number of nitrogens with one attached hydrogen (secondary N) is 1. The monoisotopic (exact) mass is 232 g/mol. The van der Waals surface area contributed by atoms with Crippen molar-refractivity contribution in [2.75, 3.05) is 19.8 Å². The highest BCUT2D eigenvalue weighted by Gasteiger charge is 2.18. The van der Waals surface area contributed by atoms with Gasteiger partial charge in [-0.2, -0.15) is 0 Å². The van der Waals surface area contributed by atoms with Crippen molar-refractivity contribution in [1.29, 1.82) is 0 Å². The summed E-state index contributed by atoms with van der Waals surface area (Å²) in [5, 5.41) is 12.1. The number of hydrogen-bond donors (Lipinski definition) is 1. The molecule has 7 nitrogen and oxygen atoms in total. The van der Waals surface area contributed by atoms with E-state index in [0.29, 0.717) is 0 Å². The van der Waals surface area contributed by atoms with E-state index < -0.39 is 37.1 Å². The minimum Gasteiger partial charge on any atom is -0.463 e. The van der Waals surface area contributed by atoms with Crippen LogP contribution in [0.3, 0.4) is 0 Å². The minimum atomic E-state index is -1.03. The highest BCUT2D eigenvalue weighted by atomic mass is 16.6. The van der Waals surface area contributed by atoms with Crippen LogP contribution in [0.5, 0.6) is 0 Å². The van der Waals surface area contributed by atoms with Gasteiger partial charge in [-0.15, -0.1) is 0 Å². The lowest BCUT2D eigenvalue weighted by Gasteiger charge is -2.11. The first-order valence-corrected chi connectivity index (χ1v) is 4.72. The quantitative estimate of drug-likeness (QED) is 0.593. The fourth-order valence-corrected chi connectivity index (χ4v) is 0.768. The number of amides is 1. The molecule has 0 aromatic heterocycles. The summed E-state index contributed by atoms with van der Waals surface area (Å²) in [5.74, 6) is -2.27. The molecule has 0 bridgehead atoms. The molecule has 1 radical (unpaired) electrons. The van der Waals surface area contributed by atoms with Gasteiger partial charge in [0, 0.05) is 0 Å². The molecule has 91 valence electrons. The van der Waals surface area contributed by atoms with Gasteiger partial charge in [0.05, 0.1) is 6.61 Å². The zero-order valence-corrected chi connectivity index (χ0v) is 9.15. The number of carbonyl (C=O) groups excluding carboxylic acids is 3.